The number of alkyl halides is 6. The van der Waals surface area contributed by atoms with Gasteiger partial charge in [0.25, 0.3) is 11.4 Å². The fourth-order valence-electron chi connectivity index (χ4n) is 3.69. The highest BCUT2D eigenvalue weighted by Gasteiger charge is 2.32. The first kappa shape index (κ1) is 43.9. The van der Waals surface area contributed by atoms with E-state index in [1.54, 1.807) is 0 Å². The summed E-state index contributed by atoms with van der Waals surface area (Å²) in [5.41, 5.74) is 8.34. The Morgan fingerprint density at radius 1 is 0.755 bits per heavy atom. The van der Waals surface area contributed by atoms with Crippen LogP contribution < -0.4 is 11.5 Å². The predicted molar refractivity (Wildman–Crippen MR) is 179 cm³/mol. The maximum absolute atomic E-state index is 13.4. The van der Waals surface area contributed by atoms with Crippen LogP contribution in [-0.2, 0) is 16.9 Å². The van der Waals surface area contributed by atoms with Gasteiger partial charge in [-0.15, -0.1) is 0 Å². The van der Waals surface area contributed by atoms with Crippen LogP contribution in [0.15, 0.2) is 72.8 Å². The molecular weight excluding hydrogens is 822 g/mol. The number of non-ortho nitro benzene ring substituents is 2. The molecule has 0 aliphatic heterocycles. The van der Waals surface area contributed by atoms with Gasteiger partial charge < -0.3 is 21.6 Å². The summed E-state index contributed by atoms with van der Waals surface area (Å²) in [6.07, 6.45) is -9.44. The summed E-state index contributed by atoms with van der Waals surface area (Å²) in [4.78, 5) is 36.8. The first-order valence-electron chi connectivity index (χ1n) is 13.3. The molecule has 0 bridgehead atoms. The molecule has 0 aliphatic rings. The molecule has 0 atom stereocenters. The molecule has 0 fully saturated rings. The van der Waals surface area contributed by atoms with Gasteiger partial charge in [-0.05, 0) is 82.3 Å². The van der Waals surface area contributed by atoms with E-state index in [4.69, 9.17) is 16.6 Å². The molecule has 0 unspecified atom stereocenters. The van der Waals surface area contributed by atoms with Crippen molar-refractivity contribution in [1.29, 1.82) is 0 Å². The fourth-order valence-corrected chi connectivity index (χ4v) is 3.69. The Bertz CT molecular complexity index is 2190. The van der Waals surface area contributed by atoms with E-state index < -0.39 is 61.7 Å². The molecular formula is C28H18Cl3F8N6O7P. The highest BCUT2D eigenvalue weighted by molar-refractivity contribution is 8.24. The van der Waals surface area contributed by atoms with E-state index in [1.165, 1.54) is 36.4 Å². The van der Waals surface area contributed by atoms with Gasteiger partial charge in [-0.25, -0.2) is 18.6 Å². The lowest BCUT2D eigenvalue weighted by Gasteiger charge is -2.08. The molecule has 0 radical (unpaired) electrons. The van der Waals surface area contributed by atoms with Crippen LogP contribution in [0, 0.1) is 31.9 Å². The largest absolute Gasteiger partial charge is 0.478 e. The number of halogens is 11. The summed E-state index contributed by atoms with van der Waals surface area (Å²) in [5.74, 6) is -3.89. The summed E-state index contributed by atoms with van der Waals surface area (Å²) in [5, 5.41) is 26.0. The Morgan fingerprint density at radius 3 is 1.70 bits per heavy atom. The Morgan fingerprint density at radius 2 is 1.23 bits per heavy atom. The number of anilines is 2. The summed E-state index contributed by atoms with van der Waals surface area (Å²) in [6, 6.07) is 10.9. The van der Waals surface area contributed by atoms with E-state index >= 15 is 0 Å². The number of imidazole rings is 1. The van der Waals surface area contributed by atoms with Crippen LogP contribution in [0.25, 0.3) is 22.4 Å². The highest BCUT2D eigenvalue weighted by atomic mass is 36.0. The number of carboxylic acids is 1. The molecule has 25 heteroatoms. The van der Waals surface area contributed by atoms with Crippen molar-refractivity contribution in [3.63, 3.8) is 0 Å². The Hall–Kier alpha value is -5.24. The van der Waals surface area contributed by atoms with Gasteiger partial charge in [-0.3, -0.25) is 24.8 Å². The Kier molecular flexibility index (Phi) is 14.5. The molecule has 5 aromatic rings. The van der Waals surface area contributed by atoms with E-state index in [0.717, 1.165) is 12.1 Å². The van der Waals surface area contributed by atoms with Crippen molar-refractivity contribution in [2.75, 3.05) is 11.5 Å². The third-order valence-corrected chi connectivity index (χ3v) is 5.93. The molecule has 0 aliphatic carbocycles. The van der Waals surface area contributed by atoms with Gasteiger partial charge in [0, 0.05) is 29.8 Å². The number of aromatic amines is 1. The van der Waals surface area contributed by atoms with Gasteiger partial charge >= 0.3 is 23.5 Å². The van der Waals surface area contributed by atoms with Crippen LogP contribution in [0.2, 0.25) is 0 Å². The monoisotopic (exact) mass is 838 g/mol. The molecule has 6 N–H and O–H groups in total. The standard InChI is InChI=1S/C14H7F4N3O2.C8H4F4O2.C6H7N3O2.Cl3OP/c15-9-4-7(3-8(5-9)14(16,17)18)13-19-11-2-1-10(21(22)23)6-12(11)20-13;9-6-2-4(7(13)14)1-5(3-6)8(10,11)12;7-5-2-1-4(9(10)11)3-6(5)8;1-5(2,3)4/h1-6H,(H,19,20);1-3H,(H,13,14);1-3H,7-8H2;. The lowest BCUT2D eigenvalue weighted by atomic mass is 10.1. The van der Waals surface area contributed by atoms with Crippen LogP contribution in [0.4, 0.5) is 57.9 Å². The van der Waals surface area contributed by atoms with Crippen LogP contribution >= 0.6 is 38.9 Å². The number of benzene rings is 4. The quantitative estimate of drug-likeness (QED) is 0.0441. The van der Waals surface area contributed by atoms with Crippen molar-refractivity contribution in [2.45, 2.75) is 12.4 Å². The van der Waals surface area contributed by atoms with E-state index in [-0.39, 0.29) is 40.0 Å². The highest BCUT2D eigenvalue weighted by Crippen LogP contribution is 2.61. The van der Waals surface area contributed by atoms with E-state index in [0.29, 0.717) is 29.4 Å². The number of nitrogens with two attached hydrogens (primary N) is 2. The summed E-state index contributed by atoms with van der Waals surface area (Å²) >= 11 is 13.8. The Balaban J connectivity index is 0.000000277. The first-order chi connectivity index (χ1) is 24.1. The number of aromatic nitrogens is 2. The molecule has 53 heavy (non-hydrogen) atoms. The minimum absolute atomic E-state index is 0.00880. The number of hydrogen-bond donors (Lipinski definition) is 4. The van der Waals surface area contributed by atoms with Gasteiger partial charge in [0.15, 0.2) is 0 Å². The van der Waals surface area contributed by atoms with Crippen molar-refractivity contribution < 1.29 is 59.4 Å². The molecule has 0 saturated carbocycles. The molecule has 284 valence electrons. The molecule has 0 saturated heterocycles. The van der Waals surface area contributed by atoms with Gasteiger partial charge in [0.2, 0.25) is 0 Å². The first-order valence-corrected chi connectivity index (χ1v) is 17.7. The molecule has 13 nitrogen and oxygen atoms in total. The van der Waals surface area contributed by atoms with Crippen molar-refractivity contribution in [1.82, 2.24) is 9.97 Å². The normalized spacial score (nSPS) is 11.2. The van der Waals surface area contributed by atoms with Crippen LogP contribution in [0.3, 0.4) is 0 Å². The van der Waals surface area contributed by atoms with Gasteiger partial charge in [-0.1, -0.05) is 0 Å². The summed E-state index contributed by atoms with van der Waals surface area (Å²) in [7, 11) is 0. The lowest BCUT2D eigenvalue weighted by molar-refractivity contribution is -0.384. The zero-order valence-electron chi connectivity index (χ0n) is 25.4. The third-order valence-electron chi connectivity index (χ3n) is 5.93. The van der Waals surface area contributed by atoms with Crippen molar-refractivity contribution >= 4 is 78.7 Å². The number of carbonyl (C=O) groups is 1. The minimum Gasteiger partial charge on any atom is -0.478 e. The topological polar surface area (TPSA) is 221 Å². The minimum atomic E-state index is -4.74. The van der Waals surface area contributed by atoms with Crippen molar-refractivity contribution in [2.24, 2.45) is 0 Å². The van der Waals surface area contributed by atoms with E-state index in [2.05, 4.69) is 43.7 Å². The van der Waals surface area contributed by atoms with Crippen LogP contribution in [0.5, 0.6) is 0 Å². The zero-order valence-corrected chi connectivity index (χ0v) is 28.6. The molecule has 1 heterocycles. The number of H-pyrrole nitrogens is 1. The number of nitrogen functional groups attached to an aromatic ring is 2. The number of nitrogens with zero attached hydrogens (tertiary/aromatic N) is 3. The number of carboxylic acid groups (broad SMARTS) is 1. The lowest BCUT2D eigenvalue weighted by Crippen LogP contribution is -2.08. The molecule has 5 rings (SSSR count). The Labute approximate surface area is 304 Å². The number of hydrogen-bond acceptors (Lipinski definition) is 9. The molecule has 4 aromatic carbocycles. The van der Waals surface area contributed by atoms with Crippen LogP contribution in [0.1, 0.15) is 21.5 Å². The molecule has 0 amide bonds. The smallest absolute Gasteiger partial charge is 0.416 e. The molecule has 1 aromatic heterocycles. The van der Waals surface area contributed by atoms with E-state index in [9.17, 15) is 64.7 Å². The third kappa shape index (κ3) is 14.4. The second-order valence-corrected chi connectivity index (χ2v) is 16.4. The molecule has 0 spiro atoms. The maximum atomic E-state index is 13.4. The average Bonchev–Trinajstić information content (AvgIpc) is 3.44. The van der Waals surface area contributed by atoms with E-state index in [1.807, 2.05) is 0 Å². The average molecular weight is 840 g/mol. The summed E-state index contributed by atoms with van der Waals surface area (Å²) < 4.78 is 110. The van der Waals surface area contributed by atoms with Crippen LogP contribution in [-0.4, -0.2) is 30.9 Å². The van der Waals surface area contributed by atoms with Crippen molar-refractivity contribution in [3.05, 3.63) is 121 Å². The fraction of sp³-hybridized carbons (Fsp3) is 0.0714. The number of rotatable bonds is 4. The number of nitro groups is 2. The van der Waals surface area contributed by atoms with Gasteiger partial charge in [0.05, 0.1) is 48.9 Å². The number of nitro benzene ring substituents is 2. The maximum Gasteiger partial charge on any atom is 0.416 e. The SMILES string of the molecule is Nc1ccc([N+](=O)[O-])cc1N.O=C(O)c1cc(F)cc(C(F)(F)F)c1.O=P(Cl)(Cl)Cl.O=[N+]([O-])c1ccc2nc(-c3cc(F)cc(C(F)(F)F)c3)[nH]c2c1. The number of aromatic carboxylic acids is 1. The number of fused-ring (bicyclic) bond motifs is 1. The van der Waals surface area contributed by atoms with Gasteiger partial charge in [0.1, 0.15) is 17.5 Å². The second-order valence-electron chi connectivity index (χ2n) is 9.77. The van der Waals surface area contributed by atoms with Crippen molar-refractivity contribution in [3.8, 4) is 11.4 Å². The number of nitrogens with one attached hydrogen (secondary N) is 1. The van der Waals surface area contributed by atoms with Gasteiger partial charge in [-0.2, -0.15) is 26.3 Å². The zero-order chi connectivity index (χ0) is 40.6. The predicted octanol–water partition coefficient (Wildman–Crippen LogP) is 10.4. The second kappa shape index (κ2) is 17.5. The summed E-state index contributed by atoms with van der Waals surface area (Å²) in [6.45, 7) is 0.